The van der Waals surface area contributed by atoms with E-state index in [1.807, 2.05) is 36.4 Å². The smallest absolute Gasteiger partial charge is 0.338 e. The van der Waals surface area contributed by atoms with E-state index < -0.39 is 24.0 Å². The third kappa shape index (κ3) is 9.76. The minimum Gasteiger partial charge on any atom is -0.486 e. The molecule has 0 saturated carbocycles. The van der Waals surface area contributed by atoms with Gasteiger partial charge in [-0.15, -0.1) is 0 Å². The number of carboxylic acid groups (broad SMARTS) is 2. The number of aliphatic carboxylic acids is 2. The molecule has 0 aliphatic heterocycles. The molecule has 4 aromatic rings. The van der Waals surface area contributed by atoms with Crippen LogP contribution in [0.2, 0.25) is 0 Å². The first-order valence-electron chi connectivity index (χ1n) is 13.1. The Morgan fingerprint density at radius 1 is 0.905 bits per heavy atom. The lowest BCUT2D eigenvalue weighted by atomic mass is 10.1. The highest BCUT2D eigenvalue weighted by Crippen LogP contribution is 2.28. The van der Waals surface area contributed by atoms with Gasteiger partial charge in [0.25, 0.3) is 0 Å². The number of esters is 1. The number of nitrogens with one attached hydrogen (secondary N) is 1. The third-order valence-corrected chi connectivity index (χ3v) is 5.65. The van der Waals surface area contributed by atoms with E-state index >= 15 is 0 Å². The normalized spacial score (nSPS) is 11.4. The number of carboxylic acids is 2. The van der Waals surface area contributed by atoms with Crippen LogP contribution in [0.3, 0.4) is 0 Å². The van der Waals surface area contributed by atoms with Crippen LogP contribution < -0.4 is 15.5 Å². The Bertz CT molecular complexity index is 1550. The molecule has 3 N–H and O–H groups in total. The molecule has 0 aliphatic rings. The maximum Gasteiger partial charge on any atom is 0.338 e. The van der Waals surface area contributed by atoms with Gasteiger partial charge in [0.15, 0.2) is 16.8 Å². The number of benzene rings is 3. The molecule has 0 amide bonds. The summed E-state index contributed by atoms with van der Waals surface area (Å²) in [5, 5.41) is 19.3. The molecule has 1 heterocycles. The Kier molecular flexibility index (Phi) is 12.0. The molecule has 0 bridgehead atoms. The van der Waals surface area contributed by atoms with Gasteiger partial charge in [0.2, 0.25) is 0 Å². The van der Waals surface area contributed by atoms with E-state index in [9.17, 15) is 19.2 Å². The summed E-state index contributed by atoms with van der Waals surface area (Å²) in [7, 11) is 0. The lowest BCUT2D eigenvalue weighted by molar-refractivity contribution is -0.134. The van der Waals surface area contributed by atoms with Crippen molar-refractivity contribution in [2.75, 3.05) is 19.7 Å². The summed E-state index contributed by atoms with van der Waals surface area (Å²) in [5.41, 5.74) is 1.49. The van der Waals surface area contributed by atoms with Gasteiger partial charge in [-0.05, 0) is 37.2 Å². The lowest BCUT2D eigenvalue weighted by Gasteiger charge is -2.19. The number of ether oxygens (including phenoxy) is 2. The molecular weight excluding hydrogens is 542 g/mol. The minimum absolute atomic E-state index is 0.105. The highest BCUT2D eigenvalue weighted by atomic mass is 16.6. The second-order valence-electron chi connectivity index (χ2n) is 8.89. The molecule has 0 fully saturated rings. The molecule has 42 heavy (non-hydrogen) atoms. The van der Waals surface area contributed by atoms with Gasteiger partial charge in [-0.3, -0.25) is 4.79 Å². The molecule has 1 atom stereocenters. The summed E-state index contributed by atoms with van der Waals surface area (Å²) in [5.74, 6) is -2.04. The zero-order valence-corrected chi connectivity index (χ0v) is 22.9. The average Bonchev–Trinajstić information content (AvgIpc) is 3.00. The zero-order valence-electron chi connectivity index (χ0n) is 22.9. The fourth-order valence-electron chi connectivity index (χ4n) is 3.70. The number of carbonyl (C=O) groups is 3. The quantitative estimate of drug-likeness (QED) is 0.123. The van der Waals surface area contributed by atoms with Crippen molar-refractivity contribution in [3.8, 4) is 17.1 Å². The van der Waals surface area contributed by atoms with Gasteiger partial charge in [-0.25, -0.2) is 14.4 Å². The van der Waals surface area contributed by atoms with Crippen LogP contribution in [0.25, 0.3) is 22.3 Å². The monoisotopic (exact) mass is 573 g/mol. The van der Waals surface area contributed by atoms with Crippen molar-refractivity contribution in [3.63, 3.8) is 0 Å². The van der Waals surface area contributed by atoms with Crippen LogP contribution in [0.4, 0.5) is 0 Å². The highest BCUT2D eigenvalue weighted by Gasteiger charge is 2.18. The standard InChI is InChI=1S/C28H27NO5.C4H4O4/c1-2-16-29-18-22(33-28(31)21-12-7-4-8-13-21)19-32-25-15-9-14-23-24(30)17-26(34-27(23)25)20-10-5-3-6-11-20;5-3(6)1-2-4(7)8/h3-15,17,22,29H,2,16,18-19H2,1H3;1-2H,(H,5,6)(H,7,8)/b;2-1-. The molecule has 4 rings (SSSR count). The molecule has 218 valence electrons. The molecule has 3 aromatic carbocycles. The van der Waals surface area contributed by atoms with Gasteiger partial charge in [0, 0.05) is 30.3 Å². The van der Waals surface area contributed by atoms with E-state index in [1.165, 1.54) is 6.07 Å². The molecule has 0 saturated heterocycles. The van der Waals surface area contributed by atoms with Crippen LogP contribution >= 0.6 is 0 Å². The topological polar surface area (TPSA) is 152 Å². The van der Waals surface area contributed by atoms with Crippen LogP contribution in [-0.2, 0) is 14.3 Å². The van der Waals surface area contributed by atoms with E-state index in [1.54, 1.807) is 42.5 Å². The molecule has 10 nitrogen and oxygen atoms in total. The first-order valence-corrected chi connectivity index (χ1v) is 13.1. The number of rotatable bonds is 12. The maximum absolute atomic E-state index is 12.7. The predicted molar refractivity (Wildman–Crippen MR) is 157 cm³/mol. The second kappa shape index (κ2) is 16.1. The van der Waals surface area contributed by atoms with Crippen molar-refractivity contribution < 1.29 is 38.5 Å². The SMILES string of the molecule is CCCNCC(COc1cccc2c(=O)cc(-c3ccccc3)oc12)OC(=O)c1ccccc1.O=C(O)/C=C\C(=O)O. The number of hydrogen-bond acceptors (Lipinski definition) is 8. The van der Waals surface area contributed by atoms with Crippen LogP contribution in [0.5, 0.6) is 5.75 Å². The van der Waals surface area contributed by atoms with E-state index in [-0.39, 0.29) is 12.0 Å². The number of para-hydroxylation sites is 1. The van der Waals surface area contributed by atoms with Gasteiger partial charge in [-0.2, -0.15) is 0 Å². The fourth-order valence-corrected chi connectivity index (χ4v) is 3.70. The van der Waals surface area contributed by atoms with Crippen molar-refractivity contribution in [2.24, 2.45) is 0 Å². The fraction of sp³-hybridized carbons (Fsp3) is 0.188. The Labute approximate surface area is 241 Å². The van der Waals surface area contributed by atoms with Gasteiger partial charge >= 0.3 is 17.9 Å². The first-order chi connectivity index (χ1) is 20.3. The van der Waals surface area contributed by atoms with Crippen LogP contribution in [0.1, 0.15) is 23.7 Å². The Morgan fingerprint density at radius 3 is 2.17 bits per heavy atom. The summed E-state index contributed by atoms with van der Waals surface area (Å²) >= 11 is 0. The summed E-state index contributed by atoms with van der Waals surface area (Å²) in [6, 6.07) is 25.0. The van der Waals surface area contributed by atoms with Crippen LogP contribution in [0, 0.1) is 0 Å². The van der Waals surface area contributed by atoms with E-state index in [2.05, 4.69) is 12.2 Å². The Morgan fingerprint density at radius 2 is 1.55 bits per heavy atom. The molecular formula is C32H31NO9. The van der Waals surface area contributed by atoms with Gasteiger partial charge in [0.05, 0.1) is 10.9 Å². The summed E-state index contributed by atoms with van der Waals surface area (Å²) in [4.78, 5) is 44.4. The third-order valence-electron chi connectivity index (χ3n) is 5.65. The number of fused-ring (bicyclic) bond motifs is 1. The molecule has 1 aromatic heterocycles. The molecule has 1 unspecified atom stereocenters. The molecule has 0 spiro atoms. The highest BCUT2D eigenvalue weighted by molar-refractivity contribution is 5.90. The van der Waals surface area contributed by atoms with E-state index in [0.717, 1.165) is 18.5 Å². The maximum atomic E-state index is 12.7. The molecule has 10 heteroatoms. The van der Waals surface area contributed by atoms with E-state index in [0.29, 0.717) is 46.7 Å². The van der Waals surface area contributed by atoms with Crippen molar-refractivity contribution >= 4 is 28.9 Å². The van der Waals surface area contributed by atoms with Gasteiger partial charge in [0.1, 0.15) is 18.5 Å². The summed E-state index contributed by atoms with van der Waals surface area (Å²) < 4.78 is 17.9. The van der Waals surface area contributed by atoms with E-state index in [4.69, 9.17) is 24.1 Å². The average molecular weight is 574 g/mol. The summed E-state index contributed by atoms with van der Waals surface area (Å²) in [6.07, 6.45) is 1.54. The molecule has 0 radical (unpaired) electrons. The zero-order chi connectivity index (χ0) is 30.3. The second-order valence-corrected chi connectivity index (χ2v) is 8.89. The van der Waals surface area contributed by atoms with Crippen LogP contribution in [0.15, 0.2) is 106 Å². The lowest BCUT2D eigenvalue weighted by Crippen LogP contribution is -2.36. The van der Waals surface area contributed by atoms with Crippen molar-refractivity contribution in [1.82, 2.24) is 5.32 Å². The summed E-state index contributed by atoms with van der Waals surface area (Å²) in [6.45, 7) is 3.41. The first kappa shape index (κ1) is 31.3. The van der Waals surface area contributed by atoms with Crippen molar-refractivity contribution in [3.05, 3.63) is 113 Å². The predicted octanol–water partition coefficient (Wildman–Crippen LogP) is 4.78. The van der Waals surface area contributed by atoms with Gasteiger partial charge < -0.3 is 29.4 Å². The number of hydrogen-bond donors (Lipinski definition) is 3. The number of carbonyl (C=O) groups excluding carboxylic acids is 1. The molecule has 0 aliphatic carbocycles. The van der Waals surface area contributed by atoms with Crippen molar-refractivity contribution in [2.45, 2.75) is 19.4 Å². The largest absolute Gasteiger partial charge is 0.486 e. The Balaban J connectivity index is 0.000000531. The van der Waals surface area contributed by atoms with Crippen LogP contribution in [-0.4, -0.2) is 53.9 Å². The minimum atomic E-state index is -1.26. The van der Waals surface area contributed by atoms with Gasteiger partial charge in [-0.1, -0.05) is 61.5 Å². The Hall–Kier alpha value is -5.22. The van der Waals surface area contributed by atoms with Crippen molar-refractivity contribution in [1.29, 1.82) is 0 Å².